The molecule has 1 saturated carbocycles. The van der Waals surface area contributed by atoms with E-state index in [9.17, 15) is 14.4 Å². The van der Waals surface area contributed by atoms with Gasteiger partial charge < -0.3 is 43.0 Å². The van der Waals surface area contributed by atoms with E-state index in [1.807, 2.05) is 58.3 Å². The number of ether oxygens (including phenoxy) is 6. The molecule has 0 bridgehead atoms. The molecule has 262 valence electrons. The van der Waals surface area contributed by atoms with Gasteiger partial charge in [-0.05, 0) is 59.2 Å². The van der Waals surface area contributed by atoms with Crippen LogP contribution in [-0.2, 0) is 44.6 Å². The normalized spacial score (nSPS) is 26.9. The molecule has 1 saturated heterocycles. The molecule has 2 fully saturated rings. The van der Waals surface area contributed by atoms with Crippen LogP contribution in [0, 0.1) is 11.8 Å². The molecule has 3 aliphatic rings. The SMILES string of the molecule is CO[C@](C)(C[C@@H](C)C=O)[C@@H](CC1=C(C)C(=O)OC(C)(C)O1)OC1OC(CN(C(=O)OCc2ccccc2)C2CC2)CC(N(C)C)C1C. The predicted octanol–water partition coefficient (Wildman–Crippen LogP) is 5.46. The van der Waals surface area contributed by atoms with Gasteiger partial charge in [0.2, 0.25) is 5.79 Å². The number of benzene rings is 1. The molecule has 1 amide bonds. The molecule has 4 unspecified atom stereocenters. The summed E-state index contributed by atoms with van der Waals surface area (Å²) in [5.41, 5.74) is 0.351. The van der Waals surface area contributed by atoms with Crippen molar-refractivity contribution in [3.05, 3.63) is 47.2 Å². The van der Waals surface area contributed by atoms with Gasteiger partial charge in [0.05, 0.1) is 29.9 Å². The van der Waals surface area contributed by atoms with Crippen LogP contribution in [0.3, 0.4) is 0 Å². The summed E-state index contributed by atoms with van der Waals surface area (Å²) in [6, 6.07) is 9.85. The second-order valence-corrected chi connectivity index (χ2v) is 14.3. The lowest BCUT2D eigenvalue weighted by molar-refractivity contribution is -0.280. The van der Waals surface area contributed by atoms with Crippen LogP contribution >= 0.6 is 0 Å². The Balaban J connectivity index is 1.58. The van der Waals surface area contributed by atoms with Gasteiger partial charge in [-0.25, -0.2) is 9.59 Å². The maximum Gasteiger partial charge on any atom is 0.410 e. The van der Waals surface area contributed by atoms with Gasteiger partial charge in [-0.2, -0.15) is 0 Å². The summed E-state index contributed by atoms with van der Waals surface area (Å²) in [4.78, 5) is 41.8. The van der Waals surface area contributed by atoms with Crippen LogP contribution in [0.5, 0.6) is 0 Å². The van der Waals surface area contributed by atoms with Gasteiger partial charge in [0.25, 0.3) is 0 Å². The summed E-state index contributed by atoms with van der Waals surface area (Å²) >= 11 is 0. The fourth-order valence-electron chi connectivity index (χ4n) is 6.54. The molecule has 1 aliphatic carbocycles. The number of carbonyl (C=O) groups is 3. The smallest absolute Gasteiger partial charge is 0.410 e. The highest BCUT2D eigenvalue weighted by atomic mass is 16.7. The number of aldehydes is 1. The number of rotatable bonds is 15. The summed E-state index contributed by atoms with van der Waals surface area (Å²) < 4.78 is 37.0. The summed E-state index contributed by atoms with van der Waals surface area (Å²) in [6.07, 6.45) is 2.02. The molecular formula is C36H54N2O9. The van der Waals surface area contributed by atoms with Crippen molar-refractivity contribution in [1.82, 2.24) is 9.80 Å². The fraction of sp³-hybridized carbons (Fsp3) is 0.694. The van der Waals surface area contributed by atoms with Gasteiger partial charge in [0, 0.05) is 51.3 Å². The molecule has 2 heterocycles. The van der Waals surface area contributed by atoms with Gasteiger partial charge in [-0.1, -0.05) is 44.2 Å². The molecule has 2 aliphatic heterocycles. The van der Waals surface area contributed by atoms with E-state index in [-0.39, 0.29) is 49.1 Å². The first-order valence-corrected chi connectivity index (χ1v) is 16.7. The third-order valence-electron chi connectivity index (χ3n) is 9.57. The van der Waals surface area contributed by atoms with Crippen LogP contribution in [0.1, 0.15) is 79.2 Å². The second kappa shape index (κ2) is 15.5. The third kappa shape index (κ3) is 9.55. The van der Waals surface area contributed by atoms with Crippen molar-refractivity contribution in [3.63, 3.8) is 0 Å². The summed E-state index contributed by atoms with van der Waals surface area (Å²) in [5, 5.41) is 0. The fourth-order valence-corrected chi connectivity index (χ4v) is 6.54. The molecule has 7 atom stereocenters. The average Bonchev–Trinajstić information content (AvgIpc) is 3.87. The number of cyclic esters (lactones) is 1. The van der Waals surface area contributed by atoms with E-state index >= 15 is 0 Å². The first-order chi connectivity index (χ1) is 22.2. The molecule has 0 N–H and O–H groups in total. The largest absolute Gasteiger partial charge is 0.457 e. The van der Waals surface area contributed by atoms with E-state index in [1.165, 1.54) is 0 Å². The molecule has 11 heteroatoms. The highest BCUT2D eigenvalue weighted by molar-refractivity contribution is 5.89. The molecule has 1 aromatic carbocycles. The monoisotopic (exact) mass is 658 g/mol. The van der Waals surface area contributed by atoms with Gasteiger partial charge in [-0.3, -0.25) is 0 Å². The Morgan fingerprint density at radius 2 is 1.85 bits per heavy atom. The first-order valence-electron chi connectivity index (χ1n) is 16.7. The number of hydrogen-bond acceptors (Lipinski definition) is 10. The lowest BCUT2D eigenvalue weighted by Crippen LogP contribution is -2.56. The lowest BCUT2D eigenvalue weighted by Gasteiger charge is -2.47. The lowest BCUT2D eigenvalue weighted by atomic mass is 9.85. The zero-order valence-corrected chi connectivity index (χ0v) is 29.5. The number of esters is 1. The Morgan fingerprint density at radius 3 is 2.45 bits per heavy atom. The molecule has 11 nitrogen and oxygen atoms in total. The van der Waals surface area contributed by atoms with E-state index in [4.69, 9.17) is 28.4 Å². The van der Waals surface area contributed by atoms with E-state index in [2.05, 4.69) is 11.8 Å². The summed E-state index contributed by atoms with van der Waals surface area (Å²) in [7, 11) is 5.67. The van der Waals surface area contributed by atoms with E-state index < -0.39 is 29.8 Å². The summed E-state index contributed by atoms with van der Waals surface area (Å²) in [5.74, 6) is -1.52. The molecule has 0 aromatic heterocycles. The highest BCUT2D eigenvalue weighted by Gasteiger charge is 2.47. The molecule has 0 spiro atoms. The Hall–Kier alpha value is -2.99. The van der Waals surface area contributed by atoms with Crippen LogP contribution in [0.25, 0.3) is 0 Å². The van der Waals surface area contributed by atoms with Crippen LogP contribution in [-0.4, -0.2) is 97.9 Å². The Morgan fingerprint density at radius 1 is 1.17 bits per heavy atom. The topological polar surface area (TPSA) is 113 Å². The second-order valence-electron chi connectivity index (χ2n) is 14.3. The quantitative estimate of drug-likeness (QED) is 0.178. The maximum absolute atomic E-state index is 13.3. The average molecular weight is 659 g/mol. The van der Waals surface area contributed by atoms with Gasteiger partial charge in [0.15, 0.2) is 6.29 Å². The Bertz CT molecular complexity index is 1260. The van der Waals surface area contributed by atoms with Crippen molar-refractivity contribution in [2.75, 3.05) is 27.7 Å². The van der Waals surface area contributed by atoms with Gasteiger partial charge in [-0.15, -0.1) is 0 Å². The number of nitrogens with zero attached hydrogens (tertiary/aromatic N) is 2. The zero-order chi connectivity index (χ0) is 34.5. The predicted molar refractivity (Wildman–Crippen MR) is 175 cm³/mol. The van der Waals surface area contributed by atoms with Crippen molar-refractivity contribution in [2.45, 2.75) is 122 Å². The Labute approximate surface area is 279 Å². The van der Waals surface area contributed by atoms with Crippen LogP contribution in [0.2, 0.25) is 0 Å². The number of methoxy groups -OCH3 is 1. The van der Waals surface area contributed by atoms with Crippen LogP contribution in [0.4, 0.5) is 4.79 Å². The van der Waals surface area contributed by atoms with Crippen molar-refractivity contribution in [2.24, 2.45) is 11.8 Å². The van der Waals surface area contributed by atoms with Crippen LogP contribution in [0.15, 0.2) is 41.7 Å². The highest BCUT2D eigenvalue weighted by Crippen LogP contribution is 2.39. The molecular weight excluding hydrogens is 604 g/mol. The maximum atomic E-state index is 13.3. The van der Waals surface area contributed by atoms with E-state index in [1.54, 1.807) is 32.8 Å². The first kappa shape index (κ1) is 36.8. The van der Waals surface area contributed by atoms with Crippen LogP contribution < -0.4 is 0 Å². The van der Waals surface area contributed by atoms with Crippen molar-refractivity contribution in [3.8, 4) is 0 Å². The standard InChI is InChI=1S/C36H54N2O9/c1-23(21-39)19-36(6,42-9)31(18-30-25(3)32(40)47-35(4,5)46-30)45-33-24(2)29(37(7)8)17-28(44-33)20-38(27-15-16-27)34(41)43-22-26-13-11-10-12-14-26/h10-14,21,23-24,27-29,31,33H,15-20,22H2,1-9H3/t23-,24?,28?,29?,31-,33?,36-/m1/s1. The van der Waals surface area contributed by atoms with E-state index in [0.717, 1.165) is 24.7 Å². The molecule has 47 heavy (non-hydrogen) atoms. The van der Waals surface area contributed by atoms with Gasteiger partial charge in [0.1, 0.15) is 18.7 Å². The minimum absolute atomic E-state index is 0.0588. The molecule has 0 radical (unpaired) electrons. The molecule has 1 aromatic rings. The zero-order valence-electron chi connectivity index (χ0n) is 29.5. The van der Waals surface area contributed by atoms with Crippen molar-refractivity contribution in [1.29, 1.82) is 0 Å². The van der Waals surface area contributed by atoms with Crippen molar-refractivity contribution >= 4 is 18.3 Å². The minimum Gasteiger partial charge on any atom is -0.457 e. The number of hydrogen-bond donors (Lipinski definition) is 0. The van der Waals surface area contributed by atoms with Gasteiger partial charge >= 0.3 is 12.1 Å². The Kier molecular flexibility index (Phi) is 12.1. The third-order valence-corrected chi connectivity index (χ3v) is 9.57. The summed E-state index contributed by atoms with van der Waals surface area (Å²) in [6.45, 7) is 11.5. The van der Waals surface area contributed by atoms with E-state index in [0.29, 0.717) is 30.7 Å². The minimum atomic E-state index is -1.15. The molecule has 4 rings (SSSR count). The number of amides is 1. The van der Waals surface area contributed by atoms with Crippen molar-refractivity contribution < 1.29 is 42.8 Å². The number of carbonyl (C=O) groups excluding carboxylic acids is 3.